The van der Waals surface area contributed by atoms with Gasteiger partial charge in [0.15, 0.2) is 0 Å². The van der Waals surface area contributed by atoms with Crippen LogP contribution in [0.15, 0.2) is 42.6 Å². The van der Waals surface area contributed by atoms with Crippen LogP contribution >= 0.6 is 0 Å². The highest BCUT2D eigenvalue weighted by Gasteiger charge is 2.33. The SMILES string of the molecule is CCc1cccc2c(/C=C3/C(=O)Nc4cc(C(F)(F)F)ccc43)cn(CC(=O)NC3CCCC3)c12. The van der Waals surface area contributed by atoms with Crippen LogP contribution in [0.1, 0.15) is 54.9 Å². The number of para-hydroxylation sites is 1. The minimum atomic E-state index is -4.49. The van der Waals surface area contributed by atoms with Gasteiger partial charge >= 0.3 is 6.18 Å². The van der Waals surface area contributed by atoms with Crippen molar-refractivity contribution in [3.63, 3.8) is 0 Å². The Labute approximate surface area is 201 Å². The number of benzene rings is 2. The number of nitrogens with one attached hydrogen (secondary N) is 2. The number of hydrogen-bond acceptors (Lipinski definition) is 2. The molecular weight excluding hydrogens is 455 g/mol. The first-order valence-electron chi connectivity index (χ1n) is 11.9. The van der Waals surface area contributed by atoms with Crippen LogP contribution in [-0.4, -0.2) is 22.4 Å². The van der Waals surface area contributed by atoms with Gasteiger partial charge in [0.25, 0.3) is 5.91 Å². The first-order chi connectivity index (χ1) is 16.7. The molecule has 1 saturated carbocycles. The topological polar surface area (TPSA) is 63.1 Å². The van der Waals surface area contributed by atoms with Gasteiger partial charge in [0.1, 0.15) is 6.54 Å². The second kappa shape index (κ2) is 8.91. The van der Waals surface area contributed by atoms with Gasteiger partial charge in [-0.1, -0.05) is 44.0 Å². The van der Waals surface area contributed by atoms with Crippen molar-refractivity contribution in [3.05, 3.63) is 64.8 Å². The fraction of sp³-hybridized carbons (Fsp3) is 0.333. The van der Waals surface area contributed by atoms with Gasteiger partial charge < -0.3 is 15.2 Å². The maximum atomic E-state index is 13.1. The molecule has 2 heterocycles. The maximum absolute atomic E-state index is 13.1. The molecule has 2 aromatic carbocycles. The lowest BCUT2D eigenvalue weighted by Crippen LogP contribution is -2.35. The van der Waals surface area contributed by atoms with Gasteiger partial charge in [-0.3, -0.25) is 9.59 Å². The molecule has 0 saturated heterocycles. The molecule has 1 aromatic heterocycles. The summed E-state index contributed by atoms with van der Waals surface area (Å²) < 4.78 is 41.3. The number of aryl methyl sites for hydroxylation is 1. The van der Waals surface area contributed by atoms with Gasteiger partial charge in [0, 0.05) is 40.0 Å². The molecule has 35 heavy (non-hydrogen) atoms. The third kappa shape index (κ3) is 4.45. The molecular formula is C27H26F3N3O2. The van der Waals surface area contributed by atoms with Gasteiger partial charge in [0.2, 0.25) is 5.91 Å². The monoisotopic (exact) mass is 481 g/mol. The number of amides is 2. The highest BCUT2D eigenvalue weighted by atomic mass is 19.4. The summed E-state index contributed by atoms with van der Waals surface area (Å²) >= 11 is 0. The summed E-state index contributed by atoms with van der Waals surface area (Å²) in [6.07, 6.45) is 4.08. The number of carbonyl (C=O) groups is 2. The van der Waals surface area contributed by atoms with Crippen molar-refractivity contribution in [2.45, 2.75) is 57.8 Å². The van der Waals surface area contributed by atoms with Gasteiger partial charge in [0.05, 0.1) is 11.1 Å². The average Bonchev–Trinajstić information content (AvgIpc) is 3.52. The van der Waals surface area contributed by atoms with Crippen LogP contribution in [-0.2, 0) is 28.7 Å². The largest absolute Gasteiger partial charge is 0.416 e. The number of nitrogens with zero attached hydrogens (tertiary/aromatic N) is 1. The van der Waals surface area contributed by atoms with E-state index in [-0.39, 0.29) is 24.2 Å². The van der Waals surface area contributed by atoms with Crippen molar-refractivity contribution < 1.29 is 22.8 Å². The zero-order valence-electron chi connectivity index (χ0n) is 19.3. The molecule has 2 N–H and O–H groups in total. The summed E-state index contributed by atoms with van der Waals surface area (Å²) in [5, 5.41) is 6.56. The molecule has 2 amide bonds. The molecule has 0 radical (unpaired) electrons. The van der Waals surface area contributed by atoms with Crippen molar-refractivity contribution in [2.24, 2.45) is 0 Å². The smallest absolute Gasteiger partial charge is 0.352 e. The molecule has 1 aliphatic carbocycles. The molecule has 2 aliphatic rings. The second-order valence-corrected chi connectivity index (χ2v) is 9.20. The van der Waals surface area contributed by atoms with E-state index in [1.165, 1.54) is 6.07 Å². The number of aromatic nitrogens is 1. The fourth-order valence-corrected chi connectivity index (χ4v) is 5.16. The van der Waals surface area contributed by atoms with Crippen LogP contribution in [0, 0.1) is 0 Å². The van der Waals surface area contributed by atoms with E-state index in [9.17, 15) is 22.8 Å². The third-order valence-corrected chi connectivity index (χ3v) is 6.86. The molecule has 0 atom stereocenters. The molecule has 1 fully saturated rings. The Balaban J connectivity index is 1.54. The summed E-state index contributed by atoms with van der Waals surface area (Å²) in [6.45, 7) is 2.20. The first kappa shape index (κ1) is 23.2. The summed E-state index contributed by atoms with van der Waals surface area (Å²) in [5.41, 5.74) is 2.79. The molecule has 8 heteroatoms. The summed E-state index contributed by atoms with van der Waals surface area (Å²) in [5.74, 6) is -0.506. The van der Waals surface area contributed by atoms with E-state index in [2.05, 4.69) is 10.6 Å². The predicted octanol–water partition coefficient (Wildman–Crippen LogP) is 5.77. The number of anilines is 1. The second-order valence-electron chi connectivity index (χ2n) is 9.20. The van der Waals surface area contributed by atoms with E-state index in [1.807, 2.05) is 35.9 Å². The van der Waals surface area contributed by atoms with Gasteiger partial charge in [-0.15, -0.1) is 0 Å². The lowest BCUT2D eigenvalue weighted by molar-refractivity contribution is -0.137. The standard InChI is InChI=1S/C27H26F3N3O2/c1-2-16-6-5-9-20-17(14-33(25(16)20)15-24(34)31-19-7-3-4-8-19)12-22-21-11-10-18(27(28,29)30)13-23(21)32-26(22)35/h5-6,9-14,19H,2-4,7-8,15H2,1H3,(H,31,34)(H,32,35)/b22-12+. The summed E-state index contributed by atoms with van der Waals surface area (Å²) in [7, 11) is 0. The zero-order chi connectivity index (χ0) is 24.7. The Morgan fingerprint density at radius 2 is 1.97 bits per heavy atom. The van der Waals surface area contributed by atoms with Crippen LogP contribution < -0.4 is 10.6 Å². The van der Waals surface area contributed by atoms with Crippen LogP contribution in [0.25, 0.3) is 22.6 Å². The number of carbonyl (C=O) groups excluding carboxylic acids is 2. The van der Waals surface area contributed by atoms with E-state index in [1.54, 1.807) is 6.08 Å². The van der Waals surface area contributed by atoms with E-state index in [0.29, 0.717) is 11.1 Å². The molecule has 182 valence electrons. The van der Waals surface area contributed by atoms with E-state index in [0.717, 1.165) is 66.3 Å². The highest BCUT2D eigenvalue weighted by molar-refractivity contribution is 6.35. The fourth-order valence-electron chi connectivity index (χ4n) is 5.16. The molecule has 0 spiro atoms. The van der Waals surface area contributed by atoms with Gasteiger partial charge in [-0.25, -0.2) is 0 Å². The lowest BCUT2D eigenvalue weighted by Gasteiger charge is -2.13. The molecule has 1 aliphatic heterocycles. The van der Waals surface area contributed by atoms with E-state index in [4.69, 9.17) is 0 Å². The average molecular weight is 482 g/mol. The normalized spacial score (nSPS) is 17.3. The van der Waals surface area contributed by atoms with E-state index < -0.39 is 17.6 Å². The Bertz CT molecular complexity index is 1350. The maximum Gasteiger partial charge on any atom is 0.416 e. The Hall–Kier alpha value is -3.55. The summed E-state index contributed by atoms with van der Waals surface area (Å²) in [6, 6.07) is 9.38. The Morgan fingerprint density at radius 1 is 1.20 bits per heavy atom. The summed E-state index contributed by atoms with van der Waals surface area (Å²) in [4.78, 5) is 25.5. The molecule has 3 aromatic rings. The minimum absolute atomic E-state index is 0.0532. The zero-order valence-corrected chi connectivity index (χ0v) is 19.3. The van der Waals surface area contributed by atoms with Crippen LogP contribution in [0.3, 0.4) is 0 Å². The van der Waals surface area contributed by atoms with Gasteiger partial charge in [-0.2, -0.15) is 13.2 Å². The molecule has 0 unspecified atom stereocenters. The van der Waals surface area contributed by atoms with Crippen molar-refractivity contribution in [1.29, 1.82) is 0 Å². The third-order valence-electron chi connectivity index (χ3n) is 6.86. The number of alkyl halides is 3. The van der Waals surface area contributed by atoms with Crippen molar-refractivity contribution in [1.82, 2.24) is 9.88 Å². The van der Waals surface area contributed by atoms with Crippen molar-refractivity contribution in [2.75, 3.05) is 5.32 Å². The first-order valence-corrected chi connectivity index (χ1v) is 11.9. The highest BCUT2D eigenvalue weighted by Crippen LogP contribution is 2.39. The van der Waals surface area contributed by atoms with Crippen molar-refractivity contribution >= 4 is 40.1 Å². The Kier molecular flexibility index (Phi) is 5.91. The number of rotatable bonds is 5. The quantitative estimate of drug-likeness (QED) is 0.454. The molecule has 0 bridgehead atoms. The molecule has 5 rings (SSSR count). The van der Waals surface area contributed by atoms with Gasteiger partial charge in [-0.05, 0) is 43.0 Å². The molecule has 5 nitrogen and oxygen atoms in total. The Morgan fingerprint density at radius 3 is 2.69 bits per heavy atom. The van der Waals surface area contributed by atoms with Crippen molar-refractivity contribution in [3.8, 4) is 0 Å². The lowest BCUT2D eigenvalue weighted by atomic mass is 10.0. The van der Waals surface area contributed by atoms with E-state index >= 15 is 0 Å². The van der Waals surface area contributed by atoms with Crippen LogP contribution in [0.5, 0.6) is 0 Å². The number of halogens is 3. The van der Waals surface area contributed by atoms with Crippen LogP contribution in [0.4, 0.5) is 18.9 Å². The number of fused-ring (bicyclic) bond motifs is 2. The minimum Gasteiger partial charge on any atom is -0.352 e. The van der Waals surface area contributed by atoms with Crippen LogP contribution in [0.2, 0.25) is 0 Å². The number of hydrogen-bond donors (Lipinski definition) is 2. The predicted molar refractivity (Wildman–Crippen MR) is 130 cm³/mol.